The summed E-state index contributed by atoms with van der Waals surface area (Å²) >= 11 is 0. The van der Waals surface area contributed by atoms with Crippen molar-refractivity contribution in [2.24, 2.45) is 0 Å². The first-order chi connectivity index (χ1) is 17.6. The van der Waals surface area contributed by atoms with Gasteiger partial charge in [0.2, 0.25) is 0 Å². The number of rotatable bonds is 12. The predicted molar refractivity (Wildman–Crippen MR) is 145 cm³/mol. The molecule has 0 aromatic heterocycles. The first kappa shape index (κ1) is 25.2. The van der Waals surface area contributed by atoms with Crippen LogP contribution >= 0.6 is 0 Å². The molecule has 5 rings (SSSR count). The average Bonchev–Trinajstić information content (AvgIpc) is 3.80. The van der Waals surface area contributed by atoms with E-state index in [1.54, 1.807) is 0 Å². The van der Waals surface area contributed by atoms with Crippen molar-refractivity contribution in [3.63, 3.8) is 0 Å². The minimum atomic E-state index is 0.277. The second kappa shape index (κ2) is 11.3. The Morgan fingerprint density at radius 2 is 1.14 bits per heavy atom. The molecule has 0 bridgehead atoms. The SMILES string of the molecule is CCCc1cc(N2CC(C)N(c3ccc(OCC4CO4)c(CCC)c3)CC2C)ccc1OCC1CO1. The lowest BCUT2D eigenvalue weighted by molar-refractivity contribution is 0.261. The topological polar surface area (TPSA) is 50.0 Å². The second-order valence-corrected chi connectivity index (χ2v) is 10.6. The zero-order chi connectivity index (χ0) is 25.1. The molecule has 0 saturated carbocycles. The molecule has 4 unspecified atom stereocenters. The van der Waals surface area contributed by atoms with Gasteiger partial charge in [-0.15, -0.1) is 0 Å². The molecule has 0 aliphatic carbocycles. The highest BCUT2D eigenvalue weighted by Crippen LogP contribution is 2.34. The Hall–Kier alpha value is -2.44. The normalized spacial score (nSPS) is 25.1. The van der Waals surface area contributed by atoms with Gasteiger partial charge >= 0.3 is 0 Å². The molecule has 2 aromatic rings. The molecule has 0 radical (unpaired) electrons. The smallest absolute Gasteiger partial charge is 0.122 e. The third kappa shape index (κ3) is 6.09. The maximum Gasteiger partial charge on any atom is 0.122 e. The molecule has 3 heterocycles. The van der Waals surface area contributed by atoms with Gasteiger partial charge < -0.3 is 28.7 Å². The van der Waals surface area contributed by atoms with Crippen molar-refractivity contribution >= 4 is 11.4 Å². The number of benzene rings is 2. The minimum Gasteiger partial charge on any atom is -0.491 e. The largest absolute Gasteiger partial charge is 0.491 e. The van der Waals surface area contributed by atoms with Crippen molar-refractivity contribution in [1.82, 2.24) is 0 Å². The fourth-order valence-electron chi connectivity index (χ4n) is 5.24. The lowest BCUT2D eigenvalue weighted by Gasteiger charge is -2.46. The molecule has 0 N–H and O–H groups in total. The Labute approximate surface area is 216 Å². The zero-order valence-corrected chi connectivity index (χ0v) is 22.4. The summed E-state index contributed by atoms with van der Waals surface area (Å²) in [5.74, 6) is 2.02. The van der Waals surface area contributed by atoms with E-state index in [-0.39, 0.29) is 12.2 Å². The Balaban J connectivity index is 1.29. The van der Waals surface area contributed by atoms with Gasteiger partial charge in [-0.25, -0.2) is 0 Å². The fourth-order valence-corrected chi connectivity index (χ4v) is 5.24. The van der Waals surface area contributed by atoms with Crippen molar-refractivity contribution < 1.29 is 18.9 Å². The first-order valence-electron chi connectivity index (χ1n) is 13.8. The third-order valence-electron chi connectivity index (χ3n) is 7.43. The maximum absolute atomic E-state index is 6.08. The molecule has 3 saturated heterocycles. The van der Waals surface area contributed by atoms with E-state index in [1.165, 1.54) is 22.5 Å². The Kier molecular flexibility index (Phi) is 7.92. The van der Waals surface area contributed by atoms with Gasteiger partial charge in [0.15, 0.2) is 0 Å². The molecule has 3 aliphatic rings. The summed E-state index contributed by atoms with van der Waals surface area (Å²) in [6.45, 7) is 14.1. The number of aryl methyl sites for hydroxylation is 2. The van der Waals surface area contributed by atoms with Gasteiger partial charge in [0.1, 0.15) is 36.9 Å². The van der Waals surface area contributed by atoms with Gasteiger partial charge in [0, 0.05) is 36.5 Å². The van der Waals surface area contributed by atoms with E-state index in [1.807, 2.05) is 0 Å². The molecule has 6 nitrogen and oxygen atoms in total. The maximum atomic E-state index is 6.08. The van der Waals surface area contributed by atoms with Crippen LogP contribution in [0.3, 0.4) is 0 Å². The number of ether oxygens (including phenoxy) is 4. The van der Waals surface area contributed by atoms with Gasteiger partial charge in [-0.2, -0.15) is 0 Å². The Morgan fingerprint density at radius 1 is 0.722 bits per heavy atom. The van der Waals surface area contributed by atoms with E-state index >= 15 is 0 Å². The molecule has 4 atom stereocenters. The van der Waals surface area contributed by atoms with Crippen molar-refractivity contribution in [3.8, 4) is 11.5 Å². The fraction of sp³-hybridized carbons (Fsp3) is 0.600. The summed E-state index contributed by atoms with van der Waals surface area (Å²) in [6.07, 6.45) is 4.82. The van der Waals surface area contributed by atoms with Gasteiger partial charge in [-0.05, 0) is 74.2 Å². The standard InChI is InChI=1S/C30H42N2O4/c1-5-7-23-13-25(9-11-29(23)35-19-27-17-33-27)31-15-22(4)32(16-21(31)3)26-10-12-30(24(14-26)8-6-2)36-20-28-18-34-28/h9-14,21-22,27-28H,5-8,15-20H2,1-4H3. The average molecular weight is 495 g/mol. The Morgan fingerprint density at radius 3 is 1.50 bits per heavy atom. The highest BCUT2D eigenvalue weighted by molar-refractivity contribution is 5.59. The van der Waals surface area contributed by atoms with Crippen LogP contribution in [0.15, 0.2) is 36.4 Å². The molecular weight excluding hydrogens is 452 g/mol. The number of epoxide rings is 2. The highest BCUT2D eigenvalue weighted by atomic mass is 16.6. The van der Waals surface area contributed by atoms with Crippen LogP contribution in [-0.4, -0.2) is 63.8 Å². The lowest BCUT2D eigenvalue weighted by Crippen LogP contribution is -2.56. The Bertz CT molecular complexity index is 939. The molecular formula is C30H42N2O4. The number of anilines is 2. The summed E-state index contributed by atoms with van der Waals surface area (Å²) in [6, 6.07) is 14.3. The van der Waals surface area contributed by atoms with Crippen molar-refractivity contribution in [1.29, 1.82) is 0 Å². The van der Waals surface area contributed by atoms with E-state index in [0.717, 1.165) is 63.5 Å². The van der Waals surface area contributed by atoms with E-state index in [4.69, 9.17) is 18.9 Å². The number of piperazine rings is 1. The van der Waals surface area contributed by atoms with E-state index in [9.17, 15) is 0 Å². The van der Waals surface area contributed by atoms with Crippen LogP contribution in [0.5, 0.6) is 11.5 Å². The van der Waals surface area contributed by atoms with Gasteiger partial charge in [0.25, 0.3) is 0 Å². The molecule has 196 valence electrons. The molecule has 3 aliphatic heterocycles. The van der Waals surface area contributed by atoms with Crippen molar-refractivity contribution in [2.45, 2.75) is 77.7 Å². The van der Waals surface area contributed by atoms with Gasteiger partial charge in [-0.1, -0.05) is 26.7 Å². The van der Waals surface area contributed by atoms with Crippen LogP contribution in [0.25, 0.3) is 0 Å². The van der Waals surface area contributed by atoms with Crippen LogP contribution in [0.2, 0.25) is 0 Å². The lowest BCUT2D eigenvalue weighted by atomic mass is 10.0. The predicted octanol–water partition coefficient (Wildman–Crippen LogP) is 5.25. The minimum absolute atomic E-state index is 0.277. The highest BCUT2D eigenvalue weighted by Gasteiger charge is 2.31. The van der Waals surface area contributed by atoms with E-state index < -0.39 is 0 Å². The molecule has 2 aromatic carbocycles. The van der Waals surface area contributed by atoms with Crippen LogP contribution in [0.1, 0.15) is 51.7 Å². The molecule has 0 amide bonds. The summed E-state index contributed by atoms with van der Waals surface area (Å²) in [5, 5.41) is 0. The third-order valence-corrected chi connectivity index (χ3v) is 7.43. The van der Waals surface area contributed by atoms with E-state index in [0.29, 0.717) is 25.3 Å². The number of nitrogens with zero attached hydrogens (tertiary/aromatic N) is 2. The number of hydrogen-bond acceptors (Lipinski definition) is 6. The molecule has 3 fully saturated rings. The van der Waals surface area contributed by atoms with Crippen LogP contribution < -0.4 is 19.3 Å². The van der Waals surface area contributed by atoms with E-state index in [2.05, 4.69) is 73.9 Å². The summed E-state index contributed by atoms with van der Waals surface area (Å²) in [4.78, 5) is 5.13. The monoisotopic (exact) mass is 494 g/mol. The summed E-state index contributed by atoms with van der Waals surface area (Å²) in [7, 11) is 0. The van der Waals surface area contributed by atoms with Crippen molar-refractivity contribution in [2.75, 3.05) is 49.3 Å². The van der Waals surface area contributed by atoms with Crippen LogP contribution in [0, 0.1) is 0 Å². The summed E-state index contributed by atoms with van der Waals surface area (Å²) < 4.78 is 22.8. The number of hydrogen-bond donors (Lipinski definition) is 0. The first-order valence-corrected chi connectivity index (χ1v) is 13.8. The molecule has 6 heteroatoms. The second-order valence-electron chi connectivity index (χ2n) is 10.6. The molecule has 0 spiro atoms. The zero-order valence-electron chi connectivity index (χ0n) is 22.4. The van der Waals surface area contributed by atoms with Gasteiger partial charge in [-0.3, -0.25) is 0 Å². The van der Waals surface area contributed by atoms with Crippen molar-refractivity contribution in [3.05, 3.63) is 47.5 Å². The van der Waals surface area contributed by atoms with Gasteiger partial charge in [0.05, 0.1) is 13.2 Å². The summed E-state index contributed by atoms with van der Waals surface area (Å²) in [5.41, 5.74) is 5.19. The van der Waals surface area contributed by atoms with Crippen LogP contribution in [-0.2, 0) is 22.3 Å². The quantitative estimate of drug-likeness (QED) is 0.376. The molecule has 36 heavy (non-hydrogen) atoms. The van der Waals surface area contributed by atoms with Crippen LogP contribution in [0.4, 0.5) is 11.4 Å².